The number of aliphatic hydroxyl groups is 1. The highest BCUT2D eigenvalue weighted by atomic mass is 32.2. The van der Waals surface area contributed by atoms with E-state index < -0.39 is 10.0 Å². The molecule has 6 heteroatoms. The molecule has 1 aliphatic carbocycles. The fourth-order valence-electron chi connectivity index (χ4n) is 2.28. The van der Waals surface area contributed by atoms with E-state index in [9.17, 15) is 13.5 Å². The van der Waals surface area contributed by atoms with E-state index in [0.717, 1.165) is 12.8 Å². The second kappa shape index (κ2) is 6.22. The molecule has 1 aromatic carbocycles. The lowest BCUT2D eigenvalue weighted by Crippen LogP contribution is -2.36. The first kappa shape index (κ1) is 15.4. The monoisotopic (exact) mass is 299 g/mol. The van der Waals surface area contributed by atoms with E-state index in [1.807, 2.05) is 0 Å². The van der Waals surface area contributed by atoms with E-state index in [1.165, 1.54) is 4.31 Å². The van der Waals surface area contributed by atoms with Gasteiger partial charge in [-0.15, -0.1) is 0 Å². The van der Waals surface area contributed by atoms with E-state index in [2.05, 4.69) is 0 Å². The first-order valence-electron chi connectivity index (χ1n) is 6.72. The van der Waals surface area contributed by atoms with Crippen LogP contribution in [0.5, 0.6) is 0 Å². The van der Waals surface area contributed by atoms with E-state index in [0.29, 0.717) is 24.3 Å². The molecule has 0 radical (unpaired) electrons. The molecule has 0 unspecified atom stereocenters. The summed E-state index contributed by atoms with van der Waals surface area (Å²) in [6.45, 7) is 2.33. The maximum atomic E-state index is 12.8. The van der Waals surface area contributed by atoms with Crippen LogP contribution in [0.3, 0.4) is 0 Å². The van der Waals surface area contributed by atoms with Crippen LogP contribution in [0, 0.1) is 6.92 Å². The maximum Gasteiger partial charge on any atom is 0.243 e. The molecule has 20 heavy (non-hydrogen) atoms. The quantitative estimate of drug-likeness (QED) is 0.824. The van der Waals surface area contributed by atoms with Crippen LogP contribution >= 0.6 is 0 Å². The van der Waals surface area contributed by atoms with Crippen LogP contribution in [0.25, 0.3) is 0 Å². The van der Waals surface area contributed by atoms with Crippen molar-refractivity contribution in [3.63, 3.8) is 0 Å². The second-order valence-electron chi connectivity index (χ2n) is 5.04. The van der Waals surface area contributed by atoms with Crippen molar-refractivity contribution in [3.8, 4) is 0 Å². The Balaban J connectivity index is 2.37. The zero-order valence-corrected chi connectivity index (χ0v) is 12.7. The van der Waals surface area contributed by atoms with Crippen molar-refractivity contribution in [1.82, 2.24) is 4.31 Å². The highest BCUT2D eigenvalue weighted by Crippen LogP contribution is 2.33. The summed E-state index contributed by atoms with van der Waals surface area (Å²) >= 11 is 0. The van der Waals surface area contributed by atoms with Gasteiger partial charge >= 0.3 is 0 Å². The zero-order chi connectivity index (χ0) is 14.8. The summed E-state index contributed by atoms with van der Waals surface area (Å²) in [7, 11) is -1.97. The standard InChI is InChI=1S/C14H21NO4S/c1-11-12(10-16)4-3-5-14(11)20(17,18)15(8-9-19-2)13-6-7-13/h3-5,13,16H,6-10H2,1-2H3. The van der Waals surface area contributed by atoms with Gasteiger partial charge in [-0.05, 0) is 37.0 Å². The Kier molecular flexibility index (Phi) is 4.80. The van der Waals surface area contributed by atoms with E-state index >= 15 is 0 Å². The van der Waals surface area contributed by atoms with Crippen molar-refractivity contribution >= 4 is 10.0 Å². The number of hydrogen-bond acceptors (Lipinski definition) is 4. The molecule has 0 saturated heterocycles. The lowest BCUT2D eigenvalue weighted by molar-refractivity contribution is 0.177. The lowest BCUT2D eigenvalue weighted by Gasteiger charge is -2.23. The van der Waals surface area contributed by atoms with Gasteiger partial charge in [0.2, 0.25) is 10.0 Å². The van der Waals surface area contributed by atoms with Crippen molar-refractivity contribution < 1.29 is 18.3 Å². The van der Waals surface area contributed by atoms with Crippen LogP contribution in [0.15, 0.2) is 23.1 Å². The summed E-state index contributed by atoms with van der Waals surface area (Å²) in [4.78, 5) is 0.284. The minimum Gasteiger partial charge on any atom is -0.392 e. The molecule has 0 atom stereocenters. The first-order valence-corrected chi connectivity index (χ1v) is 8.16. The highest BCUT2D eigenvalue weighted by molar-refractivity contribution is 7.89. The number of ether oxygens (including phenoxy) is 1. The summed E-state index contributed by atoms with van der Waals surface area (Å²) in [5.41, 5.74) is 1.27. The average molecular weight is 299 g/mol. The summed E-state index contributed by atoms with van der Waals surface area (Å²) in [5, 5.41) is 9.28. The summed E-state index contributed by atoms with van der Waals surface area (Å²) < 4.78 is 32.1. The molecule has 0 aliphatic heterocycles. The van der Waals surface area contributed by atoms with Gasteiger partial charge in [-0.25, -0.2) is 8.42 Å². The topological polar surface area (TPSA) is 66.8 Å². The largest absolute Gasteiger partial charge is 0.392 e. The smallest absolute Gasteiger partial charge is 0.243 e. The van der Waals surface area contributed by atoms with Gasteiger partial charge in [-0.3, -0.25) is 0 Å². The van der Waals surface area contributed by atoms with Crippen molar-refractivity contribution in [1.29, 1.82) is 0 Å². The highest BCUT2D eigenvalue weighted by Gasteiger charge is 2.38. The molecule has 0 bridgehead atoms. The Hall–Kier alpha value is -0.950. The van der Waals surface area contributed by atoms with Crippen molar-refractivity contribution in [2.45, 2.75) is 37.3 Å². The minimum absolute atomic E-state index is 0.0901. The molecule has 1 saturated carbocycles. The van der Waals surface area contributed by atoms with Gasteiger partial charge in [0.25, 0.3) is 0 Å². The molecule has 112 valence electrons. The molecule has 0 aromatic heterocycles. The molecule has 1 N–H and O–H groups in total. The number of hydrogen-bond donors (Lipinski definition) is 1. The van der Waals surface area contributed by atoms with Crippen LogP contribution in [0.4, 0.5) is 0 Å². The van der Waals surface area contributed by atoms with E-state index in [4.69, 9.17) is 4.74 Å². The van der Waals surface area contributed by atoms with Crippen LogP contribution in [0.1, 0.15) is 24.0 Å². The van der Waals surface area contributed by atoms with Crippen LogP contribution in [-0.2, 0) is 21.4 Å². The number of aliphatic hydroxyl groups excluding tert-OH is 1. The third-order valence-corrected chi connectivity index (χ3v) is 5.72. The Morgan fingerprint density at radius 2 is 2.10 bits per heavy atom. The van der Waals surface area contributed by atoms with Gasteiger partial charge in [-0.1, -0.05) is 12.1 Å². The molecule has 0 amide bonds. The van der Waals surface area contributed by atoms with Crippen molar-refractivity contribution in [2.24, 2.45) is 0 Å². The average Bonchev–Trinajstić information content (AvgIpc) is 3.23. The van der Waals surface area contributed by atoms with Gasteiger partial charge < -0.3 is 9.84 Å². The predicted molar refractivity (Wildman–Crippen MR) is 75.9 cm³/mol. The minimum atomic E-state index is -3.53. The molecule has 5 nitrogen and oxygen atoms in total. The number of sulfonamides is 1. The number of benzene rings is 1. The Bertz CT molecular complexity index is 567. The molecular weight excluding hydrogens is 278 g/mol. The van der Waals surface area contributed by atoms with Crippen LogP contribution in [-0.4, -0.2) is 44.1 Å². The Labute approximate surface area is 120 Å². The van der Waals surface area contributed by atoms with Gasteiger partial charge in [0.15, 0.2) is 0 Å². The third-order valence-electron chi connectivity index (χ3n) is 3.62. The van der Waals surface area contributed by atoms with Crippen LogP contribution < -0.4 is 0 Å². The Morgan fingerprint density at radius 3 is 2.65 bits per heavy atom. The van der Waals surface area contributed by atoms with Crippen molar-refractivity contribution in [3.05, 3.63) is 29.3 Å². The molecule has 0 heterocycles. The van der Waals surface area contributed by atoms with Gasteiger partial charge in [0.1, 0.15) is 0 Å². The Morgan fingerprint density at radius 1 is 1.40 bits per heavy atom. The summed E-state index contributed by atoms with van der Waals surface area (Å²) in [6, 6.07) is 5.11. The maximum absolute atomic E-state index is 12.8. The molecule has 2 rings (SSSR count). The molecule has 1 aromatic rings. The number of nitrogens with zero attached hydrogens (tertiary/aromatic N) is 1. The first-order chi connectivity index (χ1) is 9.52. The van der Waals surface area contributed by atoms with E-state index in [1.54, 1.807) is 32.2 Å². The van der Waals surface area contributed by atoms with Gasteiger partial charge in [0, 0.05) is 19.7 Å². The SMILES string of the molecule is COCCN(C1CC1)S(=O)(=O)c1cccc(CO)c1C. The fourth-order valence-corrected chi connectivity index (χ4v) is 4.22. The summed E-state index contributed by atoms with van der Waals surface area (Å²) in [5.74, 6) is 0. The summed E-state index contributed by atoms with van der Waals surface area (Å²) in [6.07, 6.45) is 1.81. The fraction of sp³-hybridized carbons (Fsp3) is 0.571. The lowest BCUT2D eigenvalue weighted by atomic mass is 10.1. The molecule has 0 spiro atoms. The van der Waals surface area contributed by atoms with Gasteiger partial charge in [0.05, 0.1) is 18.1 Å². The number of methoxy groups -OCH3 is 1. The van der Waals surface area contributed by atoms with Crippen molar-refractivity contribution in [2.75, 3.05) is 20.3 Å². The molecule has 1 fully saturated rings. The molecular formula is C14H21NO4S. The normalized spacial score (nSPS) is 15.8. The van der Waals surface area contributed by atoms with E-state index in [-0.39, 0.29) is 17.5 Å². The second-order valence-corrected chi connectivity index (χ2v) is 6.90. The zero-order valence-electron chi connectivity index (χ0n) is 11.9. The molecule has 1 aliphatic rings. The predicted octanol–water partition coefficient (Wildman–Crippen LogP) is 1.29. The number of rotatable bonds is 7. The van der Waals surface area contributed by atoms with Crippen LogP contribution in [0.2, 0.25) is 0 Å². The third kappa shape index (κ3) is 3.03. The van der Waals surface area contributed by atoms with Gasteiger partial charge in [-0.2, -0.15) is 4.31 Å².